The highest BCUT2D eigenvalue weighted by Crippen LogP contribution is 2.41. The topological polar surface area (TPSA) is 46.0 Å². The van der Waals surface area contributed by atoms with E-state index in [1.54, 1.807) is 0 Å². The summed E-state index contributed by atoms with van der Waals surface area (Å²) >= 11 is 0. The van der Waals surface area contributed by atoms with Gasteiger partial charge in [-0.3, -0.25) is 9.88 Å². The van der Waals surface area contributed by atoms with E-state index in [-0.39, 0.29) is 0 Å². The van der Waals surface area contributed by atoms with E-state index in [0.717, 1.165) is 37.9 Å². The molecule has 1 aromatic carbocycles. The molecule has 2 atom stereocenters. The Bertz CT molecular complexity index is 947. The van der Waals surface area contributed by atoms with Gasteiger partial charge in [-0.15, -0.1) is 0 Å². The first kappa shape index (κ1) is 20.0. The molecule has 1 saturated heterocycles. The number of benzene rings is 1. The maximum absolute atomic E-state index is 5.12. The number of rotatable bonds is 7. The molecule has 1 aliphatic heterocycles. The molecule has 5 heteroatoms. The van der Waals surface area contributed by atoms with Crippen molar-refractivity contribution in [2.45, 2.75) is 57.7 Å². The highest BCUT2D eigenvalue weighted by Gasteiger charge is 2.34. The van der Waals surface area contributed by atoms with Crippen molar-refractivity contribution in [1.82, 2.24) is 24.8 Å². The Morgan fingerprint density at radius 3 is 2.72 bits per heavy atom. The number of para-hydroxylation sites is 2. The van der Waals surface area contributed by atoms with Crippen molar-refractivity contribution < 1.29 is 0 Å². The highest BCUT2D eigenvalue weighted by molar-refractivity contribution is 5.76. The summed E-state index contributed by atoms with van der Waals surface area (Å²) < 4.78 is 2.47. The third-order valence-corrected chi connectivity index (χ3v) is 6.34. The predicted molar refractivity (Wildman–Crippen MR) is 119 cm³/mol. The van der Waals surface area contributed by atoms with Crippen molar-refractivity contribution in [2.24, 2.45) is 0 Å². The normalized spacial score (nSPS) is 20.4. The molecule has 0 amide bonds. The van der Waals surface area contributed by atoms with Gasteiger partial charge in [-0.2, -0.15) is 0 Å². The Morgan fingerprint density at radius 1 is 1.07 bits per heavy atom. The second-order valence-electron chi connectivity index (χ2n) is 8.25. The zero-order valence-corrected chi connectivity index (χ0v) is 17.9. The predicted octanol–water partition coefficient (Wildman–Crippen LogP) is 4.64. The number of likely N-dealkylation sites (tertiary alicyclic amines) is 1. The number of unbranched alkanes of at least 4 members (excludes halogenated alkanes) is 1. The average molecular weight is 392 g/mol. The monoisotopic (exact) mass is 391 g/mol. The quantitative estimate of drug-likeness (QED) is 0.596. The van der Waals surface area contributed by atoms with Gasteiger partial charge in [-0.25, -0.2) is 4.98 Å². The molecule has 3 heterocycles. The summed E-state index contributed by atoms with van der Waals surface area (Å²) in [6, 6.07) is 13.5. The van der Waals surface area contributed by atoms with Crippen molar-refractivity contribution in [1.29, 1.82) is 0 Å². The first-order chi connectivity index (χ1) is 14.2. The Kier molecular flexibility index (Phi) is 6.26. The lowest BCUT2D eigenvalue weighted by Crippen LogP contribution is -2.35. The molecule has 0 radical (unpaired) electrons. The lowest BCUT2D eigenvalue weighted by Gasteiger charge is -2.39. The average Bonchev–Trinajstić information content (AvgIpc) is 3.10. The molecule has 154 valence electrons. The van der Waals surface area contributed by atoms with Crippen molar-refractivity contribution in [3.8, 4) is 0 Å². The van der Waals surface area contributed by atoms with Gasteiger partial charge in [0.1, 0.15) is 5.82 Å². The maximum atomic E-state index is 5.12. The van der Waals surface area contributed by atoms with Crippen LogP contribution in [0.15, 0.2) is 42.6 Å². The summed E-state index contributed by atoms with van der Waals surface area (Å²) in [6.45, 7) is 4.26. The van der Waals surface area contributed by atoms with Gasteiger partial charge in [-0.1, -0.05) is 18.2 Å². The van der Waals surface area contributed by atoms with Gasteiger partial charge < -0.3 is 9.88 Å². The Balaban J connectivity index is 1.66. The first-order valence-electron chi connectivity index (χ1n) is 10.9. The summed E-state index contributed by atoms with van der Waals surface area (Å²) in [6.07, 6.45) is 7.79. The zero-order valence-electron chi connectivity index (χ0n) is 17.9. The van der Waals surface area contributed by atoms with Crippen molar-refractivity contribution in [3.05, 3.63) is 59.7 Å². The van der Waals surface area contributed by atoms with Crippen LogP contribution in [0.25, 0.3) is 11.0 Å². The number of piperidine rings is 1. The summed E-state index contributed by atoms with van der Waals surface area (Å²) in [5, 5.41) is 3.26. The molecule has 29 heavy (non-hydrogen) atoms. The lowest BCUT2D eigenvalue weighted by atomic mass is 9.92. The van der Waals surface area contributed by atoms with E-state index in [4.69, 9.17) is 9.97 Å². The van der Waals surface area contributed by atoms with Gasteiger partial charge in [0.25, 0.3) is 0 Å². The standard InChI is InChI=1S/C24H33N5/c1-18-10-9-16-26-23(18)21-13-8-14-22(28(21)3)24-27-19-11-4-5-12-20(19)29(24)17-7-6-15-25-2/h4-5,9-12,16,21-22,25H,6-8,13-15,17H2,1-3H3/t21-,22+/m0/s1. The largest absolute Gasteiger partial charge is 0.327 e. The highest BCUT2D eigenvalue weighted by atomic mass is 15.2. The van der Waals surface area contributed by atoms with Gasteiger partial charge >= 0.3 is 0 Å². The fourth-order valence-electron chi connectivity index (χ4n) is 4.77. The molecule has 5 nitrogen and oxygen atoms in total. The number of hydrogen-bond acceptors (Lipinski definition) is 4. The number of pyridine rings is 1. The first-order valence-corrected chi connectivity index (χ1v) is 10.9. The molecular formula is C24H33N5. The molecule has 4 rings (SSSR count). The molecule has 0 spiro atoms. The zero-order chi connectivity index (χ0) is 20.2. The number of fused-ring (bicyclic) bond motifs is 1. The van der Waals surface area contributed by atoms with Crippen LogP contribution in [-0.4, -0.2) is 40.1 Å². The SMILES string of the molecule is CNCCCCn1c([C@H]2CCC[C@@H](c3ncccc3C)N2C)nc2ccccc21. The number of aromatic nitrogens is 3. The number of nitrogens with one attached hydrogen (secondary N) is 1. The van der Waals surface area contributed by atoms with E-state index in [1.165, 1.54) is 35.4 Å². The number of imidazole rings is 1. The van der Waals surface area contributed by atoms with Crippen LogP contribution in [-0.2, 0) is 6.54 Å². The minimum atomic E-state index is 0.326. The summed E-state index contributed by atoms with van der Waals surface area (Å²) in [5.74, 6) is 1.22. The van der Waals surface area contributed by atoms with Crippen LogP contribution < -0.4 is 5.32 Å². The fourth-order valence-corrected chi connectivity index (χ4v) is 4.77. The molecule has 1 N–H and O–H groups in total. The van der Waals surface area contributed by atoms with Crippen LogP contribution in [0, 0.1) is 6.92 Å². The van der Waals surface area contributed by atoms with Crippen LogP contribution in [0.2, 0.25) is 0 Å². The molecule has 0 aliphatic carbocycles. The van der Waals surface area contributed by atoms with Crippen LogP contribution in [0.1, 0.15) is 61.3 Å². The van der Waals surface area contributed by atoms with E-state index in [9.17, 15) is 0 Å². The van der Waals surface area contributed by atoms with Crippen LogP contribution in [0.4, 0.5) is 0 Å². The van der Waals surface area contributed by atoms with E-state index >= 15 is 0 Å². The Labute approximate surface area is 174 Å². The van der Waals surface area contributed by atoms with Crippen LogP contribution in [0.3, 0.4) is 0 Å². The van der Waals surface area contributed by atoms with Crippen LogP contribution in [0.5, 0.6) is 0 Å². The van der Waals surface area contributed by atoms with Gasteiger partial charge in [0.2, 0.25) is 0 Å². The minimum Gasteiger partial charge on any atom is -0.327 e. The smallest absolute Gasteiger partial charge is 0.127 e. The maximum Gasteiger partial charge on any atom is 0.127 e. The molecule has 1 fully saturated rings. The van der Waals surface area contributed by atoms with E-state index in [2.05, 4.69) is 59.1 Å². The Morgan fingerprint density at radius 2 is 1.90 bits per heavy atom. The van der Waals surface area contributed by atoms with Crippen LogP contribution >= 0.6 is 0 Å². The molecular weight excluding hydrogens is 358 g/mol. The second-order valence-corrected chi connectivity index (χ2v) is 8.25. The van der Waals surface area contributed by atoms with Gasteiger partial charge in [0.05, 0.1) is 28.8 Å². The fraction of sp³-hybridized carbons (Fsp3) is 0.500. The molecule has 1 aliphatic rings. The molecule has 2 aromatic heterocycles. The number of hydrogen-bond donors (Lipinski definition) is 1. The summed E-state index contributed by atoms with van der Waals surface area (Å²) in [7, 11) is 4.28. The van der Waals surface area contributed by atoms with Gasteiger partial charge in [0, 0.05) is 12.7 Å². The van der Waals surface area contributed by atoms with E-state index in [1.807, 2.05) is 19.3 Å². The number of aryl methyl sites for hydroxylation is 2. The van der Waals surface area contributed by atoms with Gasteiger partial charge in [-0.05, 0) is 83.4 Å². The molecule has 0 bridgehead atoms. The van der Waals surface area contributed by atoms with Crippen molar-refractivity contribution in [3.63, 3.8) is 0 Å². The molecule has 0 unspecified atom stereocenters. The summed E-state index contributed by atoms with van der Waals surface area (Å²) in [5.41, 5.74) is 4.87. The van der Waals surface area contributed by atoms with E-state index < -0.39 is 0 Å². The third-order valence-electron chi connectivity index (χ3n) is 6.34. The minimum absolute atomic E-state index is 0.326. The third kappa shape index (κ3) is 4.07. The molecule has 3 aromatic rings. The van der Waals surface area contributed by atoms with Gasteiger partial charge in [0.15, 0.2) is 0 Å². The molecule has 0 saturated carbocycles. The van der Waals surface area contributed by atoms with E-state index in [0.29, 0.717) is 12.1 Å². The lowest BCUT2D eigenvalue weighted by molar-refractivity contribution is 0.104. The summed E-state index contributed by atoms with van der Waals surface area (Å²) in [4.78, 5) is 12.4. The second kappa shape index (κ2) is 9.06. The van der Waals surface area contributed by atoms with Crippen molar-refractivity contribution in [2.75, 3.05) is 20.6 Å². The number of nitrogens with zero attached hydrogens (tertiary/aromatic N) is 4. The van der Waals surface area contributed by atoms with Crippen molar-refractivity contribution >= 4 is 11.0 Å². The Hall–Kier alpha value is -2.24.